The summed E-state index contributed by atoms with van der Waals surface area (Å²) in [4.78, 5) is 9.50. The highest BCUT2D eigenvalue weighted by atomic mass is 19.4. The highest BCUT2D eigenvalue weighted by Crippen LogP contribution is 2.27. The van der Waals surface area contributed by atoms with E-state index in [1.165, 1.54) is 6.07 Å². The first-order chi connectivity index (χ1) is 11.4. The Morgan fingerprint density at radius 2 is 1.83 bits per heavy atom. The third-order valence-electron chi connectivity index (χ3n) is 3.24. The number of nitrogens with zero attached hydrogens (tertiary/aromatic N) is 3. The molecule has 0 saturated carbocycles. The molecule has 7 heteroatoms. The third kappa shape index (κ3) is 5.26. The van der Waals surface area contributed by atoms with Gasteiger partial charge in [0, 0.05) is 26.8 Å². The molecule has 128 valence electrons. The molecule has 0 fully saturated rings. The maximum Gasteiger partial charge on any atom is 0.433 e. The number of pyridine rings is 1. The van der Waals surface area contributed by atoms with Crippen LogP contribution in [0.3, 0.4) is 0 Å². The van der Waals surface area contributed by atoms with Crippen LogP contribution in [0, 0.1) is 0 Å². The zero-order valence-corrected chi connectivity index (χ0v) is 13.5. The molecule has 2 aromatic rings. The van der Waals surface area contributed by atoms with Crippen molar-refractivity contribution >= 4 is 5.96 Å². The molecule has 0 bridgehead atoms. The minimum atomic E-state index is -4.45. The van der Waals surface area contributed by atoms with Crippen LogP contribution in [-0.2, 0) is 19.3 Å². The fraction of sp³-hybridized carbons (Fsp3) is 0.294. The predicted octanol–water partition coefficient (Wildman–Crippen LogP) is 3.31. The van der Waals surface area contributed by atoms with E-state index in [-0.39, 0.29) is 6.54 Å². The average molecular weight is 336 g/mol. The largest absolute Gasteiger partial charge is 0.433 e. The number of nitrogens with one attached hydrogen (secondary N) is 1. The first kappa shape index (κ1) is 17.8. The molecular formula is C17H19F3N4. The molecule has 0 unspecified atom stereocenters. The molecule has 1 aromatic heterocycles. The topological polar surface area (TPSA) is 40.5 Å². The van der Waals surface area contributed by atoms with Crippen molar-refractivity contribution in [3.63, 3.8) is 0 Å². The number of alkyl halides is 3. The van der Waals surface area contributed by atoms with Crippen LogP contribution in [0.4, 0.5) is 13.2 Å². The number of aliphatic imine (C=N–C) groups is 1. The van der Waals surface area contributed by atoms with Crippen LogP contribution in [0.15, 0.2) is 53.7 Å². The summed E-state index contributed by atoms with van der Waals surface area (Å²) in [6.07, 6.45) is -3.30. The molecule has 0 aliphatic carbocycles. The Kier molecular flexibility index (Phi) is 5.78. The van der Waals surface area contributed by atoms with Gasteiger partial charge in [0.25, 0.3) is 0 Å². The van der Waals surface area contributed by atoms with Gasteiger partial charge in [-0.3, -0.25) is 4.98 Å². The smallest absolute Gasteiger partial charge is 0.352 e. The quantitative estimate of drug-likeness (QED) is 0.688. The van der Waals surface area contributed by atoms with E-state index in [1.54, 1.807) is 4.90 Å². The molecule has 0 saturated heterocycles. The minimum absolute atomic E-state index is 0.140. The Morgan fingerprint density at radius 3 is 2.46 bits per heavy atom. The molecule has 4 nitrogen and oxygen atoms in total. The van der Waals surface area contributed by atoms with E-state index in [4.69, 9.17) is 0 Å². The first-order valence-corrected chi connectivity index (χ1v) is 7.38. The van der Waals surface area contributed by atoms with Crippen LogP contribution < -0.4 is 5.32 Å². The van der Waals surface area contributed by atoms with Gasteiger partial charge in [0.05, 0.1) is 6.54 Å². The van der Waals surface area contributed by atoms with Crippen LogP contribution in [0.2, 0.25) is 0 Å². The summed E-state index contributed by atoms with van der Waals surface area (Å²) in [5, 5.41) is 3.19. The molecule has 0 radical (unpaired) electrons. The van der Waals surface area contributed by atoms with Crippen molar-refractivity contribution in [2.45, 2.75) is 19.3 Å². The zero-order valence-electron chi connectivity index (χ0n) is 13.5. The molecule has 0 aliphatic heterocycles. The lowest BCUT2D eigenvalue weighted by molar-refractivity contribution is -0.141. The number of hydrogen-bond donors (Lipinski definition) is 1. The molecular weight excluding hydrogens is 317 g/mol. The predicted molar refractivity (Wildman–Crippen MR) is 87.3 cm³/mol. The summed E-state index contributed by atoms with van der Waals surface area (Å²) in [5.74, 6) is 0.601. The summed E-state index contributed by atoms with van der Waals surface area (Å²) in [7, 11) is 3.65. The van der Waals surface area contributed by atoms with Crippen molar-refractivity contribution in [3.05, 3.63) is 65.5 Å². The van der Waals surface area contributed by atoms with Gasteiger partial charge in [-0.05, 0) is 23.3 Å². The van der Waals surface area contributed by atoms with Crippen LogP contribution in [0.5, 0.6) is 0 Å². The second-order valence-electron chi connectivity index (χ2n) is 5.42. The van der Waals surface area contributed by atoms with Crippen LogP contribution >= 0.6 is 0 Å². The number of guanidine groups is 1. The summed E-state index contributed by atoms with van der Waals surface area (Å²) in [6.45, 7) is 0.725. The standard InChI is InChI=1S/C17H19F3N4/c1-24(2)16(22-11-13-6-4-3-5-7-13)23-12-14-8-9-21-15(10-14)17(18,19)20/h3-10H,11-12H2,1-2H3,(H,22,23). The van der Waals surface area contributed by atoms with Crippen molar-refractivity contribution in [1.29, 1.82) is 0 Å². The Bertz CT molecular complexity index is 682. The maximum absolute atomic E-state index is 12.7. The SMILES string of the molecule is CN(C)C(=NCc1ccnc(C(F)(F)F)c1)NCc1ccccc1. The van der Waals surface area contributed by atoms with E-state index in [9.17, 15) is 13.2 Å². The Labute approximate surface area is 139 Å². The van der Waals surface area contributed by atoms with Gasteiger partial charge < -0.3 is 10.2 Å². The van der Waals surface area contributed by atoms with Crippen molar-refractivity contribution in [1.82, 2.24) is 15.2 Å². The van der Waals surface area contributed by atoms with Crippen LogP contribution in [-0.4, -0.2) is 29.9 Å². The second kappa shape index (κ2) is 7.81. The highest BCUT2D eigenvalue weighted by Gasteiger charge is 2.32. The van der Waals surface area contributed by atoms with Gasteiger partial charge in [-0.25, -0.2) is 4.99 Å². The van der Waals surface area contributed by atoms with Gasteiger partial charge in [-0.1, -0.05) is 30.3 Å². The maximum atomic E-state index is 12.7. The number of aromatic nitrogens is 1. The monoisotopic (exact) mass is 336 g/mol. The van der Waals surface area contributed by atoms with Gasteiger partial charge in [-0.2, -0.15) is 13.2 Å². The van der Waals surface area contributed by atoms with E-state index in [0.29, 0.717) is 18.1 Å². The van der Waals surface area contributed by atoms with Crippen molar-refractivity contribution in [3.8, 4) is 0 Å². The summed E-state index contributed by atoms with van der Waals surface area (Å²) < 4.78 is 38.1. The Morgan fingerprint density at radius 1 is 1.12 bits per heavy atom. The molecule has 0 spiro atoms. The minimum Gasteiger partial charge on any atom is -0.352 e. The van der Waals surface area contributed by atoms with Gasteiger partial charge in [0.1, 0.15) is 5.69 Å². The van der Waals surface area contributed by atoms with Crippen LogP contribution in [0.1, 0.15) is 16.8 Å². The molecule has 1 N–H and O–H groups in total. The molecule has 0 amide bonds. The lowest BCUT2D eigenvalue weighted by Gasteiger charge is -2.18. The Hall–Kier alpha value is -2.57. The van der Waals surface area contributed by atoms with Crippen LogP contribution in [0.25, 0.3) is 0 Å². The molecule has 1 aromatic carbocycles. The lowest BCUT2D eigenvalue weighted by atomic mass is 10.2. The Balaban J connectivity index is 2.06. The third-order valence-corrected chi connectivity index (χ3v) is 3.24. The first-order valence-electron chi connectivity index (χ1n) is 7.38. The number of rotatable bonds is 4. The van der Waals surface area contributed by atoms with E-state index in [2.05, 4.69) is 15.3 Å². The number of halogens is 3. The summed E-state index contributed by atoms with van der Waals surface area (Å²) in [6, 6.07) is 12.3. The molecule has 1 heterocycles. The van der Waals surface area contributed by atoms with Crippen molar-refractivity contribution in [2.75, 3.05) is 14.1 Å². The van der Waals surface area contributed by atoms with E-state index < -0.39 is 11.9 Å². The average Bonchev–Trinajstić information content (AvgIpc) is 2.55. The van der Waals surface area contributed by atoms with Gasteiger partial charge in [0.15, 0.2) is 5.96 Å². The van der Waals surface area contributed by atoms with E-state index in [1.807, 2.05) is 44.4 Å². The normalized spacial score (nSPS) is 12.1. The van der Waals surface area contributed by atoms with Gasteiger partial charge in [0.2, 0.25) is 0 Å². The molecule has 0 atom stereocenters. The number of hydrogen-bond acceptors (Lipinski definition) is 2. The summed E-state index contributed by atoms with van der Waals surface area (Å²) in [5.41, 5.74) is 0.646. The zero-order chi connectivity index (χ0) is 17.6. The highest BCUT2D eigenvalue weighted by molar-refractivity contribution is 5.79. The van der Waals surface area contributed by atoms with Crippen molar-refractivity contribution in [2.24, 2.45) is 4.99 Å². The number of benzene rings is 1. The van der Waals surface area contributed by atoms with Gasteiger partial charge >= 0.3 is 6.18 Å². The molecule has 2 rings (SSSR count). The molecule has 24 heavy (non-hydrogen) atoms. The van der Waals surface area contributed by atoms with E-state index >= 15 is 0 Å². The lowest BCUT2D eigenvalue weighted by Crippen LogP contribution is -2.36. The fourth-order valence-corrected chi connectivity index (χ4v) is 2.03. The van der Waals surface area contributed by atoms with Crippen molar-refractivity contribution < 1.29 is 13.2 Å². The fourth-order valence-electron chi connectivity index (χ4n) is 2.03. The molecule has 0 aliphatic rings. The van der Waals surface area contributed by atoms with E-state index in [0.717, 1.165) is 17.8 Å². The van der Waals surface area contributed by atoms with Gasteiger partial charge in [-0.15, -0.1) is 0 Å². The second-order valence-corrected chi connectivity index (χ2v) is 5.42. The summed E-state index contributed by atoms with van der Waals surface area (Å²) >= 11 is 0.